The van der Waals surface area contributed by atoms with Crippen molar-refractivity contribution in [1.82, 2.24) is 5.32 Å². The van der Waals surface area contributed by atoms with Gasteiger partial charge in [0.05, 0.1) is 38.6 Å². The van der Waals surface area contributed by atoms with Crippen LogP contribution in [0.1, 0.15) is 168 Å². The quantitative estimate of drug-likeness (QED) is 0.0306. The normalized spacial score (nSPS) is 31.6. The van der Waals surface area contributed by atoms with Gasteiger partial charge < -0.3 is 89.9 Å². The number of unbranched alkanes of at least 4 members (excludes halogenated alkanes) is 16. The Morgan fingerprint density at radius 3 is 1.41 bits per heavy atom. The van der Waals surface area contributed by atoms with Gasteiger partial charge in [-0.1, -0.05) is 159 Å². The van der Waals surface area contributed by atoms with Gasteiger partial charge in [0.25, 0.3) is 0 Å². The molecule has 0 aromatic carbocycles. The minimum absolute atomic E-state index is 0.258. The van der Waals surface area contributed by atoms with Crippen molar-refractivity contribution in [3.63, 3.8) is 0 Å². The summed E-state index contributed by atoms with van der Waals surface area (Å²) in [6.07, 6.45) is 16.3. The van der Waals surface area contributed by atoms with Gasteiger partial charge in [-0.25, -0.2) is 0 Å². The molecule has 3 aliphatic heterocycles. The van der Waals surface area contributed by atoms with Crippen molar-refractivity contribution in [3.8, 4) is 0 Å². The zero-order valence-electron chi connectivity index (χ0n) is 45.0. The summed E-state index contributed by atoms with van der Waals surface area (Å²) >= 11 is 0. The van der Waals surface area contributed by atoms with Crippen LogP contribution in [0.2, 0.25) is 0 Å². The first-order valence-corrected chi connectivity index (χ1v) is 28.4. The average molecular weight is 1070 g/mol. The third kappa shape index (κ3) is 24.8. The zero-order valence-corrected chi connectivity index (χ0v) is 45.0. The standard InChI is InChI=1S/C56H99NO18/c1-3-5-7-8-9-10-11-12-13-14-15-16-17-18-19-20-21-22-23-24-25-26-27-28-29-30-32-34-44(62)57-39(40(61)33-31-6-4-2)38-70-54-50(68)47(65)52(42(36-59)72-54)75-56-51(69)48(66)53(43(37-60)73-56)74-55-49(67)46(64)45(63)41(35-58)71-55/h5,7,9-10,12-13,15-16,39-43,45-56,58-61,63-69H,3-4,6,8,11,14,17-38H2,1-2H3,(H,57,62)/b7-5-,10-9-,13-12-,16-15-. The number of hydrogen-bond donors (Lipinski definition) is 12. The lowest BCUT2D eigenvalue weighted by Crippen LogP contribution is -2.66. The van der Waals surface area contributed by atoms with Crippen LogP contribution in [0.3, 0.4) is 0 Å². The molecule has 0 aromatic heterocycles. The van der Waals surface area contributed by atoms with Crippen LogP contribution >= 0.6 is 0 Å². The molecule has 75 heavy (non-hydrogen) atoms. The third-order valence-electron chi connectivity index (χ3n) is 14.2. The fraction of sp³-hybridized carbons (Fsp3) is 0.839. The third-order valence-corrected chi connectivity index (χ3v) is 14.2. The fourth-order valence-electron chi connectivity index (χ4n) is 9.48. The second-order valence-electron chi connectivity index (χ2n) is 20.4. The van der Waals surface area contributed by atoms with Crippen molar-refractivity contribution < 1.29 is 89.4 Å². The van der Waals surface area contributed by atoms with E-state index >= 15 is 0 Å². The van der Waals surface area contributed by atoms with Crippen LogP contribution in [-0.4, -0.2) is 193 Å². The van der Waals surface area contributed by atoms with E-state index in [1.54, 1.807) is 0 Å². The molecule has 3 heterocycles. The molecule has 436 valence electrons. The van der Waals surface area contributed by atoms with E-state index in [0.717, 1.165) is 64.2 Å². The van der Waals surface area contributed by atoms with Gasteiger partial charge in [-0.05, 0) is 51.4 Å². The number of rotatable bonds is 40. The first-order chi connectivity index (χ1) is 36.3. The molecule has 19 nitrogen and oxygen atoms in total. The molecule has 0 spiro atoms. The molecule has 0 radical (unpaired) electrons. The van der Waals surface area contributed by atoms with Crippen LogP contribution < -0.4 is 5.32 Å². The molecule has 0 aromatic rings. The van der Waals surface area contributed by atoms with Crippen LogP contribution in [0, 0.1) is 0 Å². The van der Waals surface area contributed by atoms with Gasteiger partial charge in [0.15, 0.2) is 18.9 Å². The Morgan fingerprint density at radius 2 is 0.920 bits per heavy atom. The Hall–Kier alpha value is -2.25. The number of carbonyl (C=O) groups excluding carboxylic acids is 1. The number of aliphatic hydroxyl groups is 11. The predicted molar refractivity (Wildman–Crippen MR) is 282 cm³/mol. The van der Waals surface area contributed by atoms with Crippen molar-refractivity contribution in [3.05, 3.63) is 48.6 Å². The molecule has 0 saturated carbocycles. The highest BCUT2D eigenvalue weighted by Crippen LogP contribution is 2.33. The van der Waals surface area contributed by atoms with Gasteiger partial charge in [-0.15, -0.1) is 0 Å². The summed E-state index contributed by atoms with van der Waals surface area (Å²) in [5.41, 5.74) is 0. The summed E-state index contributed by atoms with van der Waals surface area (Å²) in [4.78, 5) is 13.1. The minimum Gasteiger partial charge on any atom is -0.394 e. The number of hydrogen-bond acceptors (Lipinski definition) is 18. The number of nitrogens with one attached hydrogen (secondary N) is 1. The Bertz CT molecular complexity index is 1570. The zero-order chi connectivity index (χ0) is 54.8. The van der Waals surface area contributed by atoms with Gasteiger partial charge in [0.2, 0.25) is 5.91 Å². The summed E-state index contributed by atoms with van der Waals surface area (Å²) in [7, 11) is 0. The molecule has 3 fully saturated rings. The van der Waals surface area contributed by atoms with Crippen LogP contribution in [0.4, 0.5) is 0 Å². The van der Waals surface area contributed by atoms with E-state index in [1.165, 1.54) is 64.2 Å². The number of amides is 1. The van der Waals surface area contributed by atoms with Crippen LogP contribution in [0.25, 0.3) is 0 Å². The molecule has 1 amide bonds. The molecular weight excluding hydrogens is 975 g/mol. The fourth-order valence-corrected chi connectivity index (χ4v) is 9.48. The van der Waals surface area contributed by atoms with E-state index in [9.17, 15) is 61.0 Å². The van der Waals surface area contributed by atoms with E-state index in [-0.39, 0.29) is 18.9 Å². The lowest BCUT2D eigenvalue weighted by atomic mass is 9.96. The summed E-state index contributed by atoms with van der Waals surface area (Å²) in [5.74, 6) is -0.258. The summed E-state index contributed by atoms with van der Waals surface area (Å²) in [5, 5.41) is 119. The lowest BCUT2D eigenvalue weighted by Gasteiger charge is -2.48. The van der Waals surface area contributed by atoms with Gasteiger partial charge >= 0.3 is 0 Å². The van der Waals surface area contributed by atoms with E-state index in [4.69, 9.17) is 28.4 Å². The second kappa shape index (κ2) is 40.0. The topological polar surface area (TPSA) is 307 Å². The average Bonchev–Trinajstić information content (AvgIpc) is 3.40. The monoisotopic (exact) mass is 1070 g/mol. The molecule has 17 unspecified atom stereocenters. The molecule has 19 heteroatoms. The van der Waals surface area contributed by atoms with E-state index in [1.807, 2.05) is 6.92 Å². The van der Waals surface area contributed by atoms with Crippen LogP contribution in [0.15, 0.2) is 48.6 Å². The van der Waals surface area contributed by atoms with Crippen LogP contribution in [0.5, 0.6) is 0 Å². The molecule has 3 aliphatic rings. The number of ether oxygens (including phenoxy) is 6. The molecule has 0 aliphatic carbocycles. The Labute approximate surface area is 446 Å². The second-order valence-corrected chi connectivity index (χ2v) is 20.4. The highest BCUT2D eigenvalue weighted by atomic mass is 16.8. The van der Waals surface area contributed by atoms with E-state index in [2.05, 4.69) is 60.8 Å². The summed E-state index contributed by atoms with van der Waals surface area (Å²) < 4.78 is 34.0. The SMILES string of the molecule is CC/C=C\C/C=C\C/C=C\C/C=C\CCCCCCCCCCCCCCCCC(=O)NC(COC1OC(CO)C(OC2OC(CO)C(OC3OC(CO)C(O)C(O)C3O)C(O)C2O)C(O)C1O)C(O)CCCCC. The molecule has 3 saturated heterocycles. The Morgan fingerprint density at radius 1 is 0.493 bits per heavy atom. The maximum Gasteiger partial charge on any atom is 0.220 e. The summed E-state index contributed by atoms with van der Waals surface area (Å²) in [6, 6.07) is -0.883. The van der Waals surface area contributed by atoms with Crippen molar-refractivity contribution in [2.24, 2.45) is 0 Å². The Kier molecular flexibility index (Phi) is 35.8. The van der Waals surface area contributed by atoms with E-state index in [0.29, 0.717) is 19.3 Å². The maximum absolute atomic E-state index is 13.1. The number of carbonyl (C=O) groups is 1. The molecule has 17 atom stereocenters. The number of allylic oxidation sites excluding steroid dienone is 8. The Balaban J connectivity index is 1.33. The smallest absolute Gasteiger partial charge is 0.220 e. The molecular formula is C56H99NO18. The van der Waals surface area contributed by atoms with Crippen molar-refractivity contribution >= 4 is 5.91 Å². The van der Waals surface area contributed by atoms with Gasteiger partial charge in [0.1, 0.15) is 73.2 Å². The van der Waals surface area contributed by atoms with Crippen molar-refractivity contribution in [2.75, 3.05) is 26.4 Å². The van der Waals surface area contributed by atoms with Crippen molar-refractivity contribution in [2.45, 2.75) is 272 Å². The summed E-state index contributed by atoms with van der Waals surface area (Å²) in [6.45, 7) is 1.47. The predicted octanol–water partition coefficient (Wildman–Crippen LogP) is 3.92. The lowest BCUT2D eigenvalue weighted by molar-refractivity contribution is -0.379. The molecule has 3 rings (SSSR count). The molecule has 12 N–H and O–H groups in total. The van der Waals surface area contributed by atoms with Crippen LogP contribution in [-0.2, 0) is 33.2 Å². The highest BCUT2D eigenvalue weighted by Gasteiger charge is 2.53. The largest absolute Gasteiger partial charge is 0.394 e. The van der Waals surface area contributed by atoms with Crippen molar-refractivity contribution in [1.29, 1.82) is 0 Å². The van der Waals surface area contributed by atoms with Gasteiger partial charge in [0, 0.05) is 6.42 Å². The molecule has 0 bridgehead atoms. The first-order valence-electron chi connectivity index (χ1n) is 28.4. The number of aliphatic hydroxyl groups excluding tert-OH is 11. The maximum atomic E-state index is 13.1. The minimum atomic E-state index is -1.97. The highest BCUT2D eigenvalue weighted by molar-refractivity contribution is 5.76. The van der Waals surface area contributed by atoms with E-state index < -0.39 is 124 Å². The first kappa shape index (κ1) is 67.0. The van der Waals surface area contributed by atoms with Gasteiger partial charge in [-0.2, -0.15) is 0 Å². The van der Waals surface area contributed by atoms with Gasteiger partial charge in [-0.3, -0.25) is 4.79 Å².